The van der Waals surface area contributed by atoms with Crippen molar-refractivity contribution in [3.63, 3.8) is 0 Å². The van der Waals surface area contributed by atoms with Crippen molar-refractivity contribution < 1.29 is 28.9 Å². The lowest BCUT2D eigenvalue weighted by molar-refractivity contribution is -0.122. The molecule has 0 saturated carbocycles. The minimum absolute atomic E-state index is 0.0271. The largest absolute Gasteiger partial charge is 0.491 e. The highest BCUT2D eigenvalue weighted by atomic mass is 16.7. The van der Waals surface area contributed by atoms with Crippen LogP contribution in [0.25, 0.3) is 0 Å². The first-order chi connectivity index (χ1) is 15.6. The van der Waals surface area contributed by atoms with Gasteiger partial charge in [-0.3, -0.25) is 4.79 Å². The maximum absolute atomic E-state index is 14.0. The van der Waals surface area contributed by atoms with Crippen molar-refractivity contribution in [1.82, 2.24) is 4.90 Å². The standard InChI is InChI=1S/C24H24N2O6/c27-22-24(13-30-19-12-21-20(11-17(19)24)31-14-32-21)16-3-1-2-4-18(16)26(22)10-7-15-5-8-25(9-6-15)23(28)29/h1-4,11-12,15H,5-10,13-14H2,(H,28,29). The second-order valence-corrected chi connectivity index (χ2v) is 8.87. The van der Waals surface area contributed by atoms with Crippen LogP contribution in [-0.2, 0) is 10.2 Å². The molecule has 8 nitrogen and oxygen atoms in total. The van der Waals surface area contributed by atoms with E-state index >= 15 is 0 Å². The Kier molecular flexibility index (Phi) is 4.25. The molecule has 8 heteroatoms. The van der Waals surface area contributed by atoms with E-state index in [4.69, 9.17) is 14.2 Å². The molecule has 2 aromatic carbocycles. The highest BCUT2D eigenvalue weighted by Gasteiger charge is 2.57. The number of hydrogen-bond acceptors (Lipinski definition) is 5. The molecule has 4 aliphatic rings. The molecule has 1 fully saturated rings. The Morgan fingerprint density at radius 1 is 1.03 bits per heavy atom. The van der Waals surface area contributed by atoms with Crippen LogP contribution in [-0.4, -0.2) is 55.0 Å². The first-order valence-corrected chi connectivity index (χ1v) is 11.0. The van der Waals surface area contributed by atoms with E-state index in [0.717, 1.165) is 36.1 Å². The molecule has 2 aromatic rings. The van der Waals surface area contributed by atoms with Gasteiger partial charge in [0.05, 0.1) is 0 Å². The third-order valence-corrected chi connectivity index (χ3v) is 7.29. The first kappa shape index (κ1) is 19.3. The lowest BCUT2D eigenvalue weighted by Gasteiger charge is -2.31. The SMILES string of the molecule is O=C(O)N1CCC(CCN2C(=O)C3(COc4cc5c(cc43)OCO5)c3ccccc32)CC1. The van der Waals surface area contributed by atoms with Gasteiger partial charge >= 0.3 is 6.09 Å². The molecule has 0 radical (unpaired) electrons. The second kappa shape index (κ2) is 7.05. The number of nitrogens with zero attached hydrogens (tertiary/aromatic N) is 2. The van der Waals surface area contributed by atoms with Crippen LogP contribution in [0, 0.1) is 5.92 Å². The molecule has 0 bridgehead atoms. The van der Waals surface area contributed by atoms with Crippen molar-refractivity contribution >= 4 is 17.7 Å². The van der Waals surface area contributed by atoms with Gasteiger partial charge in [0.1, 0.15) is 17.8 Å². The zero-order chi connectivity index (χ0) is 21.9. The molecule has 1 saturated heterocycles. The molecule has 2 amide bonds. The van der Waals surface area contributed by atoms with E-state index in [1.807, 2.05) is 41.3 Å². The van der Waals surface area contributed by atoms with E-state index in [1.54, 1.807) is 0 Å². The number of hydrogen-bond donors (Lipinski definition) is 1. The van der Waals surface area contributed by atoms with Crippen LogP contribution in [0.1, 0.15) is 30.4 Å². The van der Waals surface area contributed by atoms with Crippen LogP contribution >= 0.6 is 0 Å². The summed E-state index contributed by atoms with van der Waals surface area (Å²) in [5, 5.41) is 9.17. The topological polar surface area (TPSA) is 88.5 Å². The summed E-state index contributed by atoms with van der Waals surface area (Å²) in [5.41, 5.74) is 1.84. The van der Waals surface area contributed by atoms with Crippen molar-refractivity contribution in [3.05, 3.63) is 47.5 Å². The van der Waals surface area contributed by atoms with Crippen LogP contribution in [0.4, 0.5) is 10.5 Å². The summed E-state index contributed by atoms with van der Waals surface area (Å²) < 4.78 is 17.1. The number of likely N-dealkylation sites (tertiary alicyclic amines) is 1. The fourth-order valence-corrected chi connectivity index (χ4v) is 5.51. The number of para-hydroxylation sites is 1. The number of carbonyl (C=O) groups excluding carboxylic acids is 1. The lowest BCUT2D eigenvalue weighted by atomic mass is 9.77. The number of fused-ring (bicyclic) bond motifs is 5. The summed E-state index contributed by atoms with van der Waals surface area (Å²) in [6.07, 6.45) is 1.65. The van der Waals surface area contributed by atoms with Gasteiger partial charge in [-0.1, -0.05) is 18.2 Å². The number of carbonyl (C=O) groups is 2. The third kappa shape index (κ3) is 2.68. The molecular weight excluding hydrogens is 412 g/mol. The van der Waals surface area contributed by atoms with Crippen molar-refractivity contribution in [1.29, 1.82) is 0 Å². The Balaban J connectivity index is 1.29. The molecule has 32 heavy (non-hydrogen) atoms. The normalized spacial score (nSPS) is 23.4. The van der Waals surface area contributed by atoms with Crippen molar-refractivity contribution in [2.75, 3.05) is 37.9 Å². The Labute approximate surface area is 185 Å². The van der Waals surface area contributed by atoms with Gasteiger partial charge in [0.25, 0.3) is 0 Å². The van der Waals surface area contributed by atoms with Crippen LogP contribution in [0.2, 0.25) is 0 Å². The van der Waals surface area contributed by atoms with Gasteiger partial charge in [-0.05, 0) is 42.9 Å². The lowest BCUT2D eigenvalue weighted by Crippen LogP contribution is -2.43. The summed E-state index contributed by atoms with van der Waals surface area (Å²) >= 11 is 0. The highest BCUT2D eigenvalue weighted by molar-refractivity contribution is 6.11. The number of anilines is 1. The molecule has 1 spiro atoms. The van der Waals surface area contributed by atoms with Gasteiger partial charge < -0.3 is 29.1 Å². The van der Waals surface area contributed by atoms with E-state index in [2.05, 4.69) is 0 Å². The molecule has 166 valence electrons. The minimum atomic E-state index is -0.875. The quantitative estimate of drug-likeness (QED) is 0.795. The minimum Gasteiger partial charge on any atom is -0.491 e. The predicted molar refractivity (Wildman–Crippen MR) is 115 cm³/mol. The summed E-state index contributed by atoms with van der Waals surface area (Å²) in [4.78, 5) is 28.5. The van der Waals surface area contributed by atoms with E-state index in [0.29, 0.717) is 42.8 Å². The smallest absolute Gasteiger partial charge is 0.407 e. The van der Waals surface area contributed by atoms with Crippen molar-refractivity contribution in [2.24, 2.45) is 5.92 Å². The van der Waals surface area contributed by atoms with E-state index < -0.39 is 11.5 Å². The van der Waals surface area contributed by atoms with Crippen molar-refractivity contribution in [3.8, 4) is 17.2 Å². The Hall–Kier alpha value is -3.42. The summed E-state index contributed by atoms with van der Waals surface area (Å²) in [6.45, 7) is 2.15. The third-order valence-electron chi connectivity index (χ3n) is 7.29. The average Bonchev–Trinajstić information content (AvgIpc) is 3.48. The molecular formula is C24H24N2O6. The number of amides is 2. The van der Waals surface area contributed by atoms with E-state index in [9.17, 15) is 14.7 Å². The van der Waals surface area contributed by atoms with E-state index in [-0.39, 0.29) is 19.3 Å². The van der Waals surface area contributed by atoms with Gasteiger partial charge in [0.15, 0.2) is 11.5 Å². The number of carboxylic acid groups (broad SMARTS) is 1. The Morgan fingerprint density at radius 3 is 2.56 bits per heavy atom. The van der Waals surface area contributed by atoms with E-state index in [1.165, 1.54) is 4.90 Å². The molecule has 1 atom stereocenters. The molecule has 1 N–H and O–H groups in total. The summed E-state index contributed by atoms with van der Waals surface area (Å²) in [6, 6.07) is 11.6. The fraction of sp³-hybridized carbons (Fsp3) is 0.417. The van der Waals surface area contributed by atoms with Crippen molar-refractivity contribution in [2.45, 2.75) is 24.7 Å². The fourth-order valence-electron chi connectivity index (χ4n) is 5.51. The second-order valence-electron chi connectivity index (χ2n) is 8.87. The van der Waals surface area contributed by atoms with Gasteiger partial charge in [0, 0.05) is 37.0 Å². The zero-order valence-electron chi connectivity index (χ0n) is 17.6. The highest BCUT2D eigenvalue weighted by Crippen LogP contribution is 2.55. The van der Waals surface area contributed by atoms with Gasteiger partial charge in [-0.15, -0.1) is 0 Å². The molecule has 0 aromatic heterocycles. The number of piperidine rings is 1. The molecule has 0 aliphatic carbocycles. The van der Waals surface area contributed by atoms with Gasteiger partial charge in [-0.2, -0.15) is 0 Å². The van der Waals surface area contributed by atoms with Gasteiger partial charge in [-0.25, -0.2) is 4.79 Å². The number of benzene rings is 2. The van der Waals surface area contributed by atoms with Gasteiger partial charge in [0.2, 0.25) is 12.7 Å². The van der Waals surface area contributed by atoms with Crippen LogP contribution in [0.5, 0.6) is 17.2 Å². The summed E-state index contributed by atoms with van der Waals surface area (Å²) in [7, 11) is 0. The molecule has 6 rings (SSSR count). The van der Waals surface area contributed by atoms with Crippen LogP contribution in [0.15, 0.2) is 36.4 Å². The Morgan fingerprint density at radius 2 is 1.78 bits per heavy atom. The molecule has 1 unspecified atom stereocenters. The summed E-state index contributed by atoms with van der Waals surface area (Å²) in [5.74, 6) is 2.38. The molecule has 4 heterocycles. The van der Waals surface area contributed by atoms with Crippen LogP contribution < -0.4 is 19.1 Å². The van der Waals surface area contributed by atoms with Crippen LogP contribution in [0.3, 0.4) is 0 Å². The maximum atomic E-state index is 14.0. The number of ether oxygens (including phenoxy) is 3. The number of rotatable bonds is 3. The zero-order valence-corrected chi connectivity index (χ0v) is 17.6. The average molecular weight is 436 g/mol. The monoisotopic (exact) mass is 436 g/mol. The first-order valence-electron chi connectivity index (χ1n) is 11.0. The maximum Gasteiger partial charge on any atom is 0.407 e. The predicted octanol–water partition coefficient (Wildman–Crippen LogP) is 3.22. The Bertz CT molecular complexity index is 1110. The molecule has 4 aliphatic heterocycles.